The summed E-state index contributed by atoms with van der Waals surface area (Å²) in [5, 5.41) is 35.9. The third-order valence-corrected chi connectivity index (χ3v) is 3.73. The first kappa shape index (κ1) is 24.5. The fourth-order valence-electron chi connectivity index (χ4n) is 2.19. The molecule has 3 atom stereocenters. The van der Waals surface area contributed by atoms with Gasteiger partial charge < -0.3 is 29.9 Å². The van der Waals surface area contributed by atoms with E-state index >= 15 is 0 Å². The molecule has 0 saturated carbocycles. The molecule has 0 bridgehead atoms. The van der Waals surface area contributed by atoms with E-state index < -0.39 is 43.3 Å². The third-order valence-electron chi connectivity index (χ3n) is 3.73. The number of allylic oxidation sites excluding steroid dienone is 1. The molecule has 0 aromatic carbocycles. The molecule has 8 heteroatoms. The Hall–Kier alpha value is -1.48. The lowest BCUT2D eigenvalue weighted by molar-refractivity contribution is -0.159. The minimum Gasteiger partial charge on any atom is -0.463 e. The molecule has 0 aromatic heterocycles. The number of hydrogen-bond donors (Lipinski definition) is 4. The van der Waals surface area contributed by atoms with Gasteiger partial charge in [-0.25, -0.2) is 0 Å². The Balaban J connectivity index is 4.43. The lowest BCUT2D eigenvalue weighted by Crippen LogP contribution is -2.28. The highest BCUT2D eigenvalue weighted by Crippen LogP contribution is 2.18. The van der Waals surface area contributed by atoms with Crippen molar-refractivity contribution < 1.29 is 39.5 Å². The number of aliphatic hydroxyl groups excluding tert-OH is 4. The average Bonchev–Trinajstić information content (AvgIpc) is 2.65. The summed E-state index contributed by atoms with van der Waals surface area (Å²) in [6.07, 6.45) is 4.32. The van der Waals surface area contributed by atoms with Gasteiger partial charge in [0.2, 0.25) is 0 Å². The molecule has 0 rings (SSSR count). The van der Waals surface area contributed by atoms with Gasteiger partial charge in [-0.15, -0.1) is 6.58 Å². The molecule has 26 heavy (non-hydrogen) atoms. The number of ether oxygens (including phenoxy) is 2. The maximum atomic E-state index is 12.1. The first-order valence-corrected chi connectivity index (χ1v) is 8.95. The normalized spacial score (nSPS) is 14.3. The maximum absolute atomic E-state index is 12.1. The third kappa shape index (κ3) is 12.8. The van der Waals surface area contributed by atoms with E-state index in [0.717, 1.165) is 32.1 Å². The van der Waals surface area contributed by atoms with E-state index in [9.17, 15) is 19.8 Å². The van der Waals surface area contributed by atoms with Crippen LogP contribution in [0.5, 0.6) is 0 Å². The van der Waals surface area contributed by atoms with Crippen molar-refractivity contribution in [3.05, 3.63) is 12.7 Å². The zero-order valence-corrected chi connectivity index (χ0v) is 15.2. The molecule has 0 radical (unpaired) electrons. The van der Waals surface area contributed by atoms with Crippen LogP contribution in [0.1, 0.15) is 44.9 Å². The zero-order chi connectivity index (χ0) is 19.8. The van der Waals surface area contributed by atoms with Crippen LogP contribution in [-0.2, 0) is 19.1 Å². The molecule has 0 spiro atoms. The highest BCUT2D eigenvalue weighted by atomic mass is 16.6. The van der Waals surface area contributed by atoms with E-state index in [1.165, 1.54) is 0 Å². The molecule has 8 nitrogen and oxygen atoms in total. The lowest BCUT2D eigenvalue weighted by atomic mass is 9.97. The van der Waals surface area contributed by atoms with Gasteiger partial charge in [0.1, 0.15) is 25.4 Å². The molecule has 0 fully saturated rings. The molecule has 0 aromatic rings. The van der Waals surface area contributed by atoms with Gasteiger partial charge in [0.25, 0.3) is 0 Å². The Kier molecular flexibility index (Phi) is 14.9. The standard InChI is InChI=1S/C18H32O8/c1-2-3-4-5-6-7-8-14(18(24)26-13-16(22)11-20)9-17(23)25-12-15(21)10-19/h2,14-16,19-22H,1,3-13H2. The van der Waals surface area contributed by atoms with Crippen molar-refractivity contribution in [3.8, 4) is 0 Å². The molecule has 152 valence electrons. The number of carbonyl (C=O) groups is 2. The van der Waals surface area contributed by atoms with Crippen molar-refractivity contribution in [1.29, 1.82) is 0 Å². The molecule has 0 saturated heterocycles. The van der Waals surface area contributed by atoms with E-state index in [-0.39, 0.29) is 19.6 Å². The van der Waals surface area contributed by atoms with Crippen molar-refractivity contribution in [2.45, 2.75) is 57.2 Å². The highest BCUT2D eigenvalue weighted by Gasteiger charge is 2.25. The Labute approximate surface area is 154 Å². The maximum Gasteiger partial charge on any atom is 0.309 e. The van der Waals surface area contributed by atoms with Gasteiger partial charge >= 0.3 is 11.9 Å². The van der Waals surface area contributed by atoms with Crippen LogP contribution in [0.3, 0.4) is 0 Å². The molecule has 0 amide bonds. The molecule has 0 heterocycles. The monoisotopic (exact) mass is 376 g/mol. The number of unbranched alkanes of at least 4 members (excludes halogenated alkanes) is 4. The largest absolute Gasteiger partial charge is 0.463 e. The van der Waals surface area contributed by atoms with E-state index in [4.69, 9.17) is 19.7 Å². The van der Waals surface area contributed by atoms with E-state index in [0.29, 0.717) is 6.42 Å². The molecule has 0 aliphatic heterocycles. The van der Waals surface area contributed by atoms with Crippen LogP contribution in [0.15, 0.2) is 12.7 Å². The molecular formula is C18H32O8. The number of esters is 2. The summed E-state index contributed by atoms with van der Waals surface area (Å²) in [5.74, 6) is -2.03. The minimum atomic E-state index is -1.16. The summed E-state index contributed by atoms with van der Waals surface area (Å²) >= 11 is 0. The Bertz CT molecular complexity index is 399. The number of rotatable bonds is 16. The van der Waals surface area contributed by atoms with E-state index in [1.807, 2.05) is 6.08 Å². The number of hydrogen-bond acceptors (Lipinski definition) is 8. The second-order valence-electron chi connectivity index (χ2n) is 6.17. The summed E-state index contributed by atoms with van der Waals surface area (Å²) in [6.45, 7) is 1.92. The second-order valence-corrected chi connectivity index (χ2v) is 6.17. The molecule has 4 N–H and O–H groups in total. The fourth-order valence-corrected chi connectivity index (χ4v) is 2.19. The van der Waals surface area contributed by atoms with E-state index in [1.54, 1.807) is 0 Å². The van der Waals surface area contributed by atoms with Crippen LogP contribution < -0.4 is 0 Å². The summed E-state index contributed by atoms with van der Waals surface area (Å²) in [7, 11) is 0. The van der Waals surface area contributed by atoms with E-state index in [2.05, 4.69) is 6.58 Å². The Morgan fingerprint density at radius 3 is 2.08 bits per heavy atom. The Morgan fingerprint density at radius 1 is 0.923 bits per heavy atom. The van der Waals surface area contributed by atoms with Crippen molar-refractivity contribution >= 4 is 11.9 Å². The van der Waals surface area contributed by atoms with Gasteiger partial charge in [-0.3, -0.25) is 9.59 Å². The molecule has 3 unspecified atom stereocenters. The first-order valence-electron chi connectivity index (χ1n) is 8.95. The predicted molar refractivity (Wildman–Crippen MR) is 94.1 cm³/mol. The highest BCUT2D eigenvalue weighted by molar-refractivity contribution is 5.80. The van der Waals surface area contributed by atoms with Gasteiger partial charge in [0, 0.05) is 0 Å². The minimum absolute atomic E-state index is 0.209. The fraction of sp³-hybridized carbons (Fsp3) is 0.778. The predicted octanol–water partition coefficient (Wildman–Crippen LogP) is 0.312. The van der Waals surface area contributed by atoms with Crippen molar-refractivity contribution in [2.24, 2.45) is 5.92 Å². The summed E-state index contributed by atoms with van der Waals surface area (Å²) < 4.78 is 9.77. The number of aliphatic hydroxyl groups is 4. The SMILES string of the molecule is C=CCCCCCCC(CC(=O)OCC(O)CO)C(=O)OCC(O)CO. The van der Waals surface area contributed by atoms with Gasteiger partial charge in [-0.05, 0) is 19.3 Å². The molecular weight excluding hydrogens is 344 g/mol. The van der Waals surface area contributed by atoms with Gasteiger partial charge in [-0.1, -0.05) is 25.3 Å². The summed E-state index contributed by atoms with van der Waals surface area (Å²) in [6, 6.07) is 0. The van der Waals surface area contributed by atoms with Crippen LogP contribution in [0, 0.1) is 5.92 Å². The van der Waals surface area contributed by atoms with Crippen LogP contribution in [0.25, 0.3) is 0 Å². The van der Waals surface area contributed by atoms with Crippen molar-refractivity contribution in [1.82, 2.24) is 0 Å². The van der Waals surface area contributed by atoms with Crippen LogP contribution in [0.2, 0.25) is 0 Å². The molecule has 0 aliphatic rings. The van der Waals surface area contributed by atoms with Crippen molar-refractivity contribution in [3.63, 3.8) is 0 Å². The lowest BCUT2D eigenvalue weighted by Gasteiger charge is -2.17. The Morgan fingerprint density at radius 2 is 1.50 bits per heavy atom. The summed E-state index contributed by atoms with van der Waals surface area (Å²) in [4.78, 5) is 24.0. The number of carbonyl (C=O) groups excluding carboxylic acids is 2. The van der Waals surface area contributed by atoms with Crippen LogP contribution >= 0.6 is 0 Å². The van der Waals surface area contributed by atoms with Gasteiger partial charge in [0.15, 0.2) is 0 Å². The summed E-state index contributed by atoms with van der Waals surface area (Å²) in [5.41, 5.74) is 0. The van der Waals surface area contributed by atoms with Crippen LogP contribution in [-0.4, -0.2) is 71.0 Å². The smallest absolute Gasteiger partial charge is 0.309 e. The first-order chi connectivity index (χ1) is 12.4. The molecule has 0 aliphatic carbocycles. The van der Waals surface area contributed by atoms with Crippen molar-refractivity contribution in [2.75, 3.05) is 26.4 Å². The van der Waals surface area contributed by atoms with Crippen LogP contribution in [0.4, 0.5) is 0 Å². The van der Waals surface area contributed by atoms with Gasteiger partial charge in [-0.2, -0.15) is 0 Å². The van der Waals surface area contributed by atoms with Gasteiger partial charge in [0.05, 0.1) is 25.6 Å². The average molecular weight is 376 g/mol. The zero-order valence-electron chi connectivity index (χ0n) is 15.2. The second kappa shape index (κ2) is 15.7. The topological polar surface area (TPSA) is 134 Å². The quantitative estimate of drug-likeness (QED) is 0.172.